The van der Waals surface area contributed by atoms with Gasteiger partial charge in [0.1, 0.15) is 11.1 Å². The number of hydrogen-bond donors (Lipinski definition) is 1. The van der Waals surface area contributed by atoms with Crippen LogP contribution in [0.15, 0.2) is 24.5 Å². The van der Waals surface area contributed by atoms with Gasteiger partial charge in [-0.3, -0.25) is 9.48 Å². The number of hydrogen-bond acceptors (Lipinski definition) is 6. The Morgan fingerprint density at radius 2 is 2.00 bits per heavy atom. The van der Waals surface area contributed by atoms with Gasteiger partial charge in [-0.1, -0.05) is 0 Å². The highest BCUT2D eigenvalue weighted by Gasteiger charge is 2.32. The molecule has 4 rings (SSSR count). The zero-order chi connectivity index (χ0) is 25.5. The quantitative estimate of drug-likeness (QED) is 0.606. The maximum absolute atomic E-state index is 14.5. The zero-order valence-electron chi connectivity index (χ0n) is 20.9. The average molecular weight is 483 g/mol. The third-order valence-electron chi connectivity index (χ3n) is 6.00. The summed E-state index contributed by atoms with van der Waals surface area (Å²) >= 11 is 0. The summed E-state index contributed by atoms with van der Waals surface area (Å²) in [6, 6.07) is 2.97. The minimum absolute atomic E-state index is 0.0686. The van der Waals surface area contributed by atoms with Crippen LogP contribution < -0.4 is 5.32 Å². The number of likely N-dealkylation sites (tertiary alicyclic amines) is 1. The maximum atomic E-state index is 14.5. The molecule has 9 nitrogen and oxygen atoms in total. The van der Waals surface area contributed by atoms with Crippen molar-refractivity contribution in [3.05, 3.63) is 41.6 Å². The molecule has 1 aliphatic rings. The molecule has 2 aromatic heterocycles. The number of halogens is 1. The van der Waals surface area contributed by atoms with Crippen molar-refractivity contribution in [1.29, 1.82) is 0 Å². The molecule has 0 spiro atoms. The Kier molecular flexibility index (Phi) is 6.48. The van der Waals surface area contributed by atoms with E-state index in [0.29, 0.717) is 47.4 Å². The molecule has 3 heterocycles. The molecule has 0 unspecified atom stereocenters. The van der Waals surface area contributed by atoms with Crippen molar-refractivity contribution < 1.29 is 18.7 Å². The molecule has 1 fully saturated rings. The minimum Gasteiger partial charge on any atom is -0.444 e. The van der Waals surface area contributed by atoms with Crippen LogP contribution in [0.2, 0.25) is 0 Å². The molecule has 1 saturated heterocycles. The van der Waals surface area contributed by atoms with Gasteiger partial charge in [0.05, 0.1) is 11.3 Å². The van der Waals surface area contributed by atoms with Gasteiger partial charge in [0, 0.05) is 49.0 Å². The largest absolute Gasteiger partial charge is 0.444 e. The van der Waals surface area contributed by atoms with Gasteiger partial charge in [-0.15, -0.1) is 0 Å². The summed E-state index contributed by atoms with van der Waals surface area (Å²) in [4.78, 5) is 35.9. The smallest absolute Gasteiger partial charge is 0.410 e. The Morgan fingerprint density at radius 1 is 1.26 bits per heavy atom. The predicted molar refractivity (Wildman–Crippen MR) is 129 cm³/mol. The van der Waals surface area contributed by atoms with E-state index in [1.807, 2.05) is 27.7 Å². The van der Waals surface area contributed by atoms with Crippen LogP contribution in [0.5, 0.6) is 0 Å². The van der Waals surface area contributed by atoms with Gasteiger partial charge >= 0.3 is 6.09 Å². The monoisotopic (exact) mass is 482 g/mol. The van der Waals surface area contributed by atoms with E-state index in [1.54, 1.807) is 35.8 Å². The summed E-state index contributed by atoms with van der Waals surface area (Å²) in [6.45, 7) is 9.69. The van der Waals surface area contributed by atoms with Gasteiger partial charge in [0.25, 0.3) is 5.91 Å². The van der Waals surface area contributed by atoms with E-state index >= 15 is 0 Å². The first-order chi connectivity index (χ1) is 16.4. The second kappa shape index (κ2) is 9.24. The molecule has 1 aromatic carbocycles. The minimum atomic E-state index is -0.555. The molecule has 0 aliphatic carbocycles. The molecule has 3 aromatic rings. The number of nitrogens with zero attached hydrogens (tertiary/aromatic N) is 5. The van der Waals surface area contributed by atoms with E-state index in [-0.39, 0.29) is 29.6 Å². The fraction of sp³-hybridized carbons (Fsp3) is 0.480. The number of ether oxygens (including phenoxy) is 1. The summed E-state index contributed by atoms with van der Waals surface area (Å²) < 4.78 is 21.5. The van der Waals surface area contributed by atoms with E-state index in [9.17, 15) is 14.0 Å². The first-order valence-electron chi connectivity index (χ1n) is 11.7. The number of benzene rings is 1. The molecular formula is C25H31FN6O3. The van der Waals surface area contributed by atoms with Gasteiger partial charge in [0.2, 0.25) is 0 Å². The predicted octanol–water partition coefficient (Wildman–Crippen LogP) is 4.00. The lowest BCUT2D eigenvalue weighted by Gasteiger charge is -2.38. The van der Waals surface area contributed by atoms with Crippen molar-refractivity contribution in [3.8, 4) is 11.4 Å². The highest BCUT2D eigenvalue weighted by atomic mass is 19.1. The van der Waals surface area contributed by atoms with Crippen LogP contribution in [0, 0.1) is 12.7 Å². The number of amides is 2. The van der Waals surface area contributed by atoms with Crippen LogP contribution in [-0.2, 0) is 11.8 Å². The third kappa shape index (κ3) is 5.41. The summed E-state index contributed by atoms with van der Waals surface area (Å²) in [6.07, 6.45) is 4.10. The lowest BCUT2D eigenvalue weighted by atomic mass is 9.98. The number of rotatable bonds is 3. The molecular weight excluding hydrogens is 451 g/mol. The Bertz CT molecular complexity index is 1280. The second-order valence-corrected chi connectivity index (χ2v) is 10.1. The van der Waals surface area contributed by atoms with Crippen LogP contribution in [0.25, 0.3) is 22.3 Å². The Labute approximate surface area is 203 Å². The molecule has 186 valence electrons. The summed E-state index contributed by atoms with van der Waals surface area (Å²) in [7, 11) is 1.73. The van der Waals surface area contributed by atoms with E-state index in [4.69, 9.17) is 4.74 Å². The van der Waals surface area contributed by atoms with Gasteiger partial charge < -0.3 is 15.0 Å². The highest BCUT2D eigenvalue weighted by Crippen LogP contribution is 2.25. The van der Waals surface area contributed by atoms with Crippen molar-refractivity contribution in [2.24, 2.45) is 7.05 Å². The fourth-order valence-corrected chi connectivity index (χ4v) is 4.33. The molecule has 1 N–H and O–H groups in total. The number of nitrogens with one attached hydrogen (secondary N) is 1. The zero-order valence-corrected chi connectivity index (χ0v) is 20.9. The molecule has 1 aliphatic heterocycles. The normalized spacial score (nSPS) is 18.5. The standard InChI is InChI=1S/C25H31FN6O3/c1-14-9-18(7-8-32(14)24(34)35-25(3,4)5)29-23(33)19-12-27-22(28-15(19)2)16-10-17-13-31(6)30-21(17)20(26)11-16/h10-14,18H,7-9H2,1-6H3,(H,29,33)/t14-,18-/m0/s1. The Balaban J connectivity index is 1.43. The molecule has 0 saturated carbocycles. The third-order valence-corrected chi connectivity index (χ3v) is 6.00. The summed E-state index contributed by atoms with van der Waals surface area (Å²) in [5, 5.41) is 7.80. The van der Waals surface area contributed by atoms with Crippen molar-refractivity contribution in [2.45, 2.75) is 65.1 Å². The number of aryl methyl sites for hydroxylation is 2. The molecule has 0 bridgehead atoms. The van der Waals surface area contributed by atoms with E-state index in [2.05, 4.69) is 20.4 Å². The highest BCUT2D eigenvalue weighted by molar-refractivity contribution is 5.95. The van der Waals surface area contributed by atoms with Crippen LogP contribution in [0.1, 0.15) is 56.6 Å². The fourth-order valence-electron chi connectivity index (χ4n) is 4.33. The summed E-state index contributed by atoms with van der Waals surface area (Å²) in [5.41, 5.74) is 1.11. The topological polar surface area (TPSA) is 102 Å². The first kappa shape index (κ1) is 24.6. The van der Waals surface area contributed by atoms with Crippen molar-refractivity contribution >= 4 is 22.9 Å². The van der Waals surface area contributed by atoms with E-state index in [0.717, 1.165) is 0 Å². The summed E-state index contributed by atoms with van der Waals surface area (Å²) in [5.74, 6) is -0.387. The Morgan fingerprint density at radius 3 is 2.66 bits per heavy atom. The number of piperidine rings is 1. The van der Waals surface area contributed by atoms with Gasteiger partial charge in [-0.2, -0.15) is 5.10 Å². The Hall–Kier alpha value is -3.56. The number of fused-ring (bicyclic) bond motifs is 1. The molecule has 35 heavy (non-hydrogen) atoms. The van der Waals surface area contributed by atoms with E-state index in [1.165, 1.54) is 12.3 Å². The van der Waals surface area contributed by atoms with Gasteiger partial charge in [-0.05, 0) is 59.6 Å². The van der Waals surface area contributed by atoms with Crippen molar-refractivity contribution in [1.82, 2.24) is 30.0 Å². The van der Waals surface area contributed by atoms with Gasteiger partial charge in [-0.25, -0.2) is 19.2 Å². The first-order valence-corrected chi connectivity index (χ1v) is 11.7. The lowest BCUT2D eigenvalue weighted by molar-refractivity contribution is 0.00960. The van der Waals surface area contributed by atoms with Crippen molar-refractivity contribution in [2.75, 3.05) is 6.54 Å². The van der Waals surface area contributed by atoms with Crippen LogP contribution >= 0.6 is 0 Å². The molecule has 10 heteroatoms. The van der Waals surface area contributed by atoms with E-state index < -0.39 is 11.4 Å². The lowest BCUT2D eigenvalue weighted by Crippen LogP contribution is -2.52. The molecule has 2 atom stereocenters. The van der Waals surface area contributed by atoms with Crippen LogP contribution in [0.4, 0.5) is 9.18 Å². The molecule has 0 radical (unpaired) electrons. The number of aromatic nitrogens is 4. The molecule has 2 amide bonds. The van der Waals surface area contributed by atoms with Crippen molar-refractivity contribution in [3.63, 3.8) is 0 Å². The number of carbonyl (C=O) groups excluding carboxylic acids is 2. The second-order valence-electron chi connectivity index (χ2n) is 10.1. The maximum Gasteiger partial charge on any atom is 0.410 e. The van der Waals surface area contributed by atoms with Crippen LogP contribution in [0.3, 0.4) is 0 Å². The van der Waals surface area contributed by atoms with Gasteiger partial charge in [0.15, 0.2) is 11.6 Å². The number of carbonyl (C=O) groups is 2. The van der Waals surface area contributed by atoms with Crippen LogP contribution in [-0.4, -0.2) is 60.9 Å². The average Bonchev–Trinajstić information content (AvgIpc) is 3.13. The SMILES string of the molecule is Cc1nc(-c2cc(F)c3nn(C)cc3c2)ncc1C(=O)N[C@H]1CCN(C(=O)OC(C)(C)C)[C@@H](C)C1.